The second-order valence-electron chi connectivity index (χ2n) is 2.02. The van der Waals surface area contributed by atoms with Crippen LogP contribution >= 0.6 is 0 Å². The van der Waals surface area contributed by atoms with Gasteiger partial charge in [0.1, 0.15) is 0 Å². The van der Waals surface area contributed by atoms with E-state index in [4.69, 9.17) is 4.74 Å². The van der Waals surface area contributed by atoms with E-state index in [0.717, 1.165) is 5.12 Å². The summed E-state index contributed by atoms with van der Waals surface area (Å²) in [5.41, 5.74) is 0. The van der Waals surface area contributed by atoms with Crippen molar-refractivity contribution in [1.82, 2.24) is 5.12 Å². The molecule has 0 amide bonds. The molecule has 0 aromatic heterocycles. The van der Waals surface area contributed by atoms with Gasteiger partial charge in [-0.3, -0.25) is 0 Å². The Balaban J connectivity index is 3.32. The zero-order chi connectivity index (χ0) is 7.28. The number of likely N-dealkylation sites (N-methyl/N-ethyl adjacent to an activating group) is 1. The molecule has 1 unspecified atom stereocenters. The lowest BCUT2D eigenvalue weighted by Gasteiger charge is -2.16. The summed E-state index contributed by atoms with van der Waals surface area (Å²) in [5, 5.41) is 0.753. The van der Waals surface area contributed by atoms with Gasteiger partial charge < -0.3 is 4.74 Å². The van der Waals surface area contributed by atoms with Crippen molar-refractivity contribution in [2.24, 2.45) is 0 Å². The summed E-state index contributed by atoms with van der Waals surface area (Å²) in [6.45, 7) is 4.42. The van der Waals surface area contributed by atoms with Crippen molar-refractivity contribution in [2.75, 3.05) is 20.3 Å². The Bertz CT molecular complexity index is 70.1. The number of hydrogen-bond donors (Lipinski definition) is 0. The van der Waals surface area contributed by atoms with Gasteiger partial charge in [0, 0.05) is 13.7 Å². The van der Waals surface area contributed by atoms with E-state index in [0.29, 0.717) is 13.2 Å². The minimum Gasteiger partial charge on any atom is -0.383 e. The van der Waals surface area contributed by atoms with Crippen LogP contribution in [-0.2, 0) is 4.74 Å². The van der Waals surface area contributed by atoms with Gasteiger partial charge in [-0.1, -0.05) is 0 Å². The highest BCUT2D eigenvalue weighted by molar-refractivity contribution is 4.54. The fourth-order valence-electron chi connectivity index (χ4n) is 0.634. The molecule has 2 nitrogen and oxygen atoms in total. The molecule has 0 saturated heterocycles. The lowest BCUT2D eigenvalue weighted by molar-refractivity contribution is -0.0373. The molecule has 3 heteroatoms. The van der Waals surface area contributed by atoms with Crippen LogP contribution in [0.4, 0.5) is 4.48 Å². The maximum absolute atomic E-state index is 12.5. The monoisotopic (exact) mass is 135 g/mol. The third-order valence-electron chi connectivity index (χ3n) is 1.19. The molecule has 1 atom stereocenters. The molecule has 0 aromatic carbocycles. The van der Waals surface area contributed by atoms with Crippen molar-refractivity contribution in [3.8, 4) is 0 Å². The highest BCUT2D eigenvalue weighted by Gasteiger charge is 2.08. The molecule has 0 saturated carbocycles. The Hall–Kier alpha value is -0.150. The lowest BCUT2D eigenvalue weighted by Crippen LogP contribution is -2.28. The summed E-state index contributed by atoms with van der Waals surface area (Å²) in [5.74, 6) is 0. The van der Waals surface area contributed by atoms with Crippen LogP contribution in [0, 0.1) is 0 Å². The summed E-state index contributed by atoms with van der Waals surface area (Å²) in [4.78, 5) is 0. The second kappa shape index (κ2) is 4.70. The Labute approximate surface area is 55.5 Å². The average molecular weight is 135 g/mol. The number of halogens is 1. The fraction of sp³-hybridized carbons (Fsp3) is 1.00. The van der Waals surface area contributed by atoms with E-state index in [2.05, 4.69) is 0 Å². The van der Waals surface area contributed by atoms with E-state index in [9.17, 15) is 4.48 Å². The van der Waals surface area contributed by atoms with Crippen molar-refractivity contribution in [1.29, 1.82) is 0 Å². The molecule has 9 heavy (non-hydrogen) atoms. The van der Waals surface area contributed by atoms with Crippen LogP contribution in [0.2, 0.25) is 0 Å². The van der Waals surface area contributed by atoms with Crippen LogP contribution in [0.25, 0.3) is 0 Å². The standard InChI is InChI=1S/C6H14FNO/c1-4-8(7)6(2)5-9-3/h6H,4-5H2,1-3H3. The van der Waals surface area contributed by atoms with E-state index in [1.165, 1.54) is 0 Å². The van der Waals surface area contributed by atoms with Crippen molar-refractivity contribution in [3.63, 3.8) is 0 Å². The Morgan fingerprint density at radius 2 is 2.22 bits per heavy atom. The number of hydrogen-bond acceptors (Lipinski definition) is 2. The quantitative estimate of drug-likeness (QED) is 0.537. The smallest absolute Gasteiger partial charge is 0.0641 e. The first-order chi connectivity index (χ1) is 4.22. The van der Waals surface area contributed by atoms with E-state index in [1.54, 1.807) is 21.0 Å². The predicted molar refractivity (Wildman–Crippen MR) is 34.8 cm³/mol. The third-order valence-corrected chi connectivity index (χ3v) is 1.19. The zero-order valence-corrected chi connectivity index (χ0v) is 6.22. The minimum atomic E-state index is -0.125. The largest absolute Gasteiger partial charge is 0.383 e. The molecule has 0 aromatic rings. The summed E-state index contributed by atoms with van der Waals surface area (Å²) >= 11 is 0. The first-order valence-electron chi connectivity index (χ1n) is 3.13. The lowest BCUT2D eigenvalue weighted by atomic mass is 10.3. The highest BCUT2D eigenvalue weighted by Crippen LogP contribution is 1.97. The third kappa shape index (κ3) is 3.43. The van der Waals surface area contributed by atoms with Crippen LogP contribution in [-0.4, -0.2) is 31.4 Å². The van der Waals surface area contributed by atoms with Gasteiger partial charge in [-0.05, 0) is 13.8 Å². The van der Waals surface area contributed by atoms with Gasteiger partial charge in [0.25, 0.3) is 0 Å². The van der Waals surface area contributed by atoms with Crippen molar-refractivity contribution >= 4 is 0 Å². The average Bonchev–Trinajstić information content (AvgIpc) is 1.87. The van der Waals surface area contributed by atoms with Gasteiger partial charge in [0.2, 0.25) is 0 Å². The highest BCUT2D eigenvalue weighted by atomic mass is 19.2. The molecular formula is C6H14FNO. The molecule has 0 radical (unpaired) electrons. The van der Waals surface area contributed by atoms with Gasteiger partial charge in [-0.25, -0.2) is 0 Å². The molecule has 0 rings (SSSR count). The second-order valence-corrected chi connectivity index (χ2v) is 2.02. The fourth-order valence-corrected chi connectivity index (χ4v) is 0.634. The normalized spacial score (nSPS) is 14.3. The Kier molecular flexibility index (Phi) is 4.62. The number of rotatable bonds is 4. The van der Waals surface area contributed by atoms with E-state index < -0.39 is 0 Å². The van der Waals surface area contributed by atoms with Crippen LogP contribution in [0.15, 0.2) is 0 Å². The van der Waals surface area contributed by atoms with E-state index >= 15 is 0 Å². The molecule has 0 aliphatic carbocycles. The van der Waals surface area contributed by atoms with Crippen LogP contribution in [0.3, 0.4) is 0 Å². The topological polar surface area (TPSA) is 12.5 Å². The first kappa shape index (κ1) is 8.85. The van der Waals surface area contributed by atoms with Crippen molar-refractivity contribution < 1.29 is 9.22 Å². The van der Waals surface area contributed by atoms with E-state index in [1.807, 2.05) is 0 Å². The molecule has 0 N–H and O–H groups in total. The molecular weight excluding hydrogens is 121 g/mol. The summed E-state index contributed by atoms with van der Waals surface area (Å²) < 4.78 is 17.2. The maximum Gasteiger partial charge on any atom is 0.0641 e. The maximum atomic E-state index is 12.5. The van der Waals surface area contributed by atoms with Crippen molar-refractivity contribution in [3.05, 3.63) is 0 Å². The van der Waals surface area contributed by atoms with Gasteiger partial charge in [-0.2, -0.15) is 0 Å². The summed E-state index contributed by atoms with van der Waals surface area (Å²) in [6, 6.07) is -0.125. The van der Waals surface area contributed by atoms with Gasteiger partial charge in [0.05, 0.1) is 12.6 Å². The predicted octanol–water partition coefficient (Wildman–Crippen LogP) is 1.23. The molecule has 56 valence electrons. The van der Waals surface area contributed by atoms with E-state index in [-0.39, 0.29) is 6.04 Å². The molecule has 0 bridgehead atoms. The number of methoxy groups -OCH3 is 1. The van der Waals surface area contributed by atoms with Crippen LogP contribution < -0.4 is 0 Å². The molecule has 0 spiro atoms. The Morgan fingerprint density at radius 1 is 1.67 bits per heavy atom. The van der Waals surface area contributed by atoms with Gasteiger partial charge in [-0.15, -0.1) is 9.60 Å². The zero-order valence-electron chi connectivity index (χ0n) is 6.22. The van der Waals surface area contributed by atoms with Crippen LogP contribution in [0.1, 0.15) is 13.8 Å². The SMILES string of the molecule is CCN(F)C(C)COC. The molecule has 0 aliphatic heterocycles. The minimum absolute atomic E-state index is 0.125. The van der Waals surface area contributed by atoms with Crippen LogP contribution in [0.5, 0.6) is 0 Å². The Morgan fingerprint density at radius 3 is 2.56 bits per heavy atom. The summed E-state index contributed by atoms with van der Waals surface area (Å²) in [6.07, 6.45) is 0. The molecule has 0 heterocycles. The van der Waals surface area contributed by atoms with Gasteiger partial charge in [0.15, 0.2) is 0 Å². The van der Waals surface area contributed by atoms with Crippen molar-refractivity contribution in [2.45, 2.75) is 19.9 Å². The summed E-state index contributed by atoms with van der Waals surface area (Å²) in [7, 11) is 1.57. The van der Waals surface area contributed by atoms with Gasteiger partial charge >= 0.3 is 0 Å². The molecule has 0 aliphatic rings. The molecule has 0 fully saturated rings. The number of ether oxygens (including phenoxy) is 1. The first-order valence-corrected chi connectivity index (χ1v) is 3.13. The number of nitrogens with zero attached hydrogens (tertiary/aromatic N) is 1.